The lowest BCUT2D eigenvalue weighted by Gasteiger charge is -2.31. The van der Waals surface area contributed by atoms with Crippen LogP contribution in [0.1, 0.15) is 61.3 Å². The van der Waals surface area contributed by atoms with Gasteiger partial charge in [0.2, 0.25) is 17.7 Å². The Bertz CT molecular complexity index is 499. The number of carbonyl (C=O) groups is 3. The molecule has 0 unspecified atom stereocenters. The number of hydrogen-bond acceptors (Lipinski definition) is 3. The van der Waals surface area contributed by atoms with E-state index in [1.807, 2.05) is 48.5 Å². The lowest BCUT2D eigenvalue weighted by molar-refractivity contribution is -0.134. The number of rotatable bonds is 10. The van der Waals surface area contributed by atoms with Crippen molar-refractivity contribution in [3.63, 3.8) is 0 Å². The van der Waals surface area contributed by atoms with E-state index in [0.717, 1.165) is 0 Å². The molecule has 0 aliphatic carbocycles. The van der Waals surface area contributed by atoms with Gasteiger partial charge in [0.1, 0.15) is 0 Å². The fourth-order valence-electron chi connectivity index (χ4n) is 2.59. The van der Waals surface area contributed by atoms with E-state index < -0.39 is 5.41 Å². The van der Waals surface area contributed by atoms with Crippen LogP contribution in [0, 0.1) is 22.7 Å². The van der Waals surface area contributed by atoms with Crippen molar-refractivity contribution < 1.29 is 14.4 Å². The molecule has 1 atom stereocenters. The fourth-order valence-corrected chi connectivity index (χ4v) is 2.59. The van der Waals surface area contributed by atoms with Crippen molar-refractivity contribution in [2.75, 3.05) is 27.2 Å². The standard InChI is InChI=1S/C20H39N3O3/c1-14(2)20(6,7)18(26)22-12-15(3)10-17(25)23(9)13-19(4,5)11-16(24)21-8/h14-15H,10-13H2,1-9H3,(H,21,24)(H,22,26)/t15-/m1/s1. The molecule has 6 nitrogen and oxygen atoms in total. The van der Waals surface area contributed by atoms with Crippen molar-refractivity contribution in [3.8, 4) is 0 Å². The maximum Gasteiger partial charge on any atom is 0.225 e. The minimum atomic E-state index is -0.426. The maximum absolute atomic E-state index is 12.4. The quantitative estimate of drug-likeness (QED) is 0.621. The highest BCUT2D eigenvalue weighted by atomic mass is 16.2. The Labute approximate surface area is 159 Å². The van der Waals surface area contributed by atoms with Crippen LogP contribution in [0.2, 0.25) is 0 Å². The molecule has 3 amide bonds. The van der Waals surface area contributed by atoms with Gasteiger partial charge < -0.3 is 15.5 Å². The van der Waals surface area contributed by atoms with Crippen molar-refractivity contribution in [1.82, 2.24) is 15.5 Å². The summed E-state index contributed by atoms with van der Waals surface area (Å²) >= 11 is 0. The van der Waals surface area contributed by atoms with Gasteiger partial charge in [-0.3, -0.25) is 14.4 Å². The van der Waals surface area contributed by atoms with E-state index in [1.165, 1.54) is 0 Å². The lowest BCUT2D eigenvalue weighted by atomic mass is 9.80. The molecule has 0 bridgehead atoms. The molecular weight excluding hydrogens is 330 g/mol. The average Bonchev–Trinajstić information content (AvgIpc) is 2.50. The third-order valence-electron chi connectivity index (χ3n) is 5.17. The molecule has 0 aromatic heterocycles. The van der Waals surface area contributed by atoms with Gasteiger partial charge in [-0.15, -0.1) is 0 Å². The molecule has 0 aliphatic rings. The van der Waals surface area contributed by atoms with Gasteiger partial charge in [0, 0.05) is 45.4 Å². The van der Waals surface area contributed by atoms with Crippen molar-refractivity contribution >= 4 is 17.7 Å². The predicted molar refractivity (Wildman–Crippen MR) is 106 cm³/mol. The zero-order valence-corrected chi connectivity index (χ0v) is 18.2. The summed E-state index contributed by atoms with van der Waals surface area (Å²) in [5.41, 5.74) is -0.715. The molecule has 152 valence electrons. The summed E-state index contributed by atoms with van der Waals surface area (Å²) in [4.78, 5) is 38.0. The van der Waals surface area contributed by atoms with E-state index >= 15 is 0 Å². The van der Waals surface area contributed by atoms with Crippen LogP contribution in [-0.4, -0.2) is 49.8 Å². The Hall–Kier alpha value is -1.59. The number of amides is 3. The fraction of sp³-hybridized carbons (Fsp3) is 0.850. The molecule has 0 fully saturated rings. The molecule has 0 aromatic rings. The number of hydrogen-bond donors (Lipinski definition) is 2. The Balaban J connectivity index is 4.49. The number of nitrogens with one attached hydrogen (secondary N) is 2. The highest BCUT2D eigenvalue weighted by molar-refractivity contribution is 5.82. The molecule has 0 aromatic carbocycles. The highest BCUT2D eigenvalue weighted by Gasteiger charge is 2.31. The second-order valence-electron chi connectivity index (χ2n) is 9.16. The van der Waals surface area contributed by atoms with Crippen molar-refractivity contribution in [2.24, 2.45) is 22.7 Å². The van der Waals surface area contributed by atoms with Crippen molar-refractivity contribution in [3.05, 3.63) is 0 Å². The van der Waals surface area contributed by atoms with Gasteiger partial charge in [0.25, 0.3) is 0 Å². The molecule has 0 rings (SSSR count). The molecule has 0 saturated heterocycles. The second-order valence-corrected chi connectivity index (χ2v) is 9.16. The first-order chi connectivity index (χ1) is 11.7. The molecular formula is C20H39N3O3. The van der Waals surface area contributed by atoms with Gasteiger partial charge >= 0.3 is 0 Å². The van der Waals surface area contributed by atoms with Crippen LogP contribution < -0.4 is 10.6 Å². The van der Waals surface area contributed by atoms with Crippen LogP contribution in [-0.2, 0) is 14.4 Å². The van der Waals surface area contributed by atoms with Crippen molar-refractivity contribution in [1.29, 1.82) is 0 Å². The van der Waals surface area contributed by atoms with Gasteiger partial charge in [-0.05, 0) is 17.3 Å². The molecule has 0 saturated carbocycles. The van der Waals surface area contributed by atoms with E-state index in [9.17, 15) is 14.4 Å². The van der Waals surface area contributed by atoms with E-state index in [1.54, 1.807) is 19.0 Å². The molecule has 6 heteroatoms. The van der Waals surface area contributed by atoms with Crippen molar-refractivity contribution in [2.45, 2.75) is 61.3 Å². The van der Waals surface area contributed by atoms with Crippen LogP contribution in [0.4, 0.5) is 0 Å². The summed E-state index contributed by atoms with van der Waals surface area (Å²) < 4.78 is 0. The number of carbonyl (C=O) groups excluding carboxylic acids is 3. The number of nitrogens with zero attached hydrogens (tertiary/aromatic N) is 1. The third kappa shape index (κ3) is 8.19. The normalized spacial score (nSPS) is 13.3. The van der Waals surface area contributed by atoms with E-state index in [2.05, 4.69) is 10.6 Å². The van der Waals surface area contributed by atoms with Crippen LogP contribution in [0.25, 0.3) is 0 Å². The first kappa shape index (κ1) is 24.4. The summed E-state index contributed by atoms with van der Waals surface area (Å²) in [6.07, 6.45) is 0.742. The molecule has 2 N–H and O–H groups in total. The minimum Gasteiger partial charge on any atom is -0.359 e. The molecule has 0 radical (unpaired) electrons. The predicted octanol–water partition coefficient (Wildman–Crippen LogP) is 2.43. The summed E-state index contributed by atoms with van der Waals surface area (Å²) in [5, 5.41) is 5.59. The van der Waals surface area contributed by atoms with Gasteiger partial charge in [-0.2, -0.15) is 0 Å². The zero-order chi connectivity index (χ0) is 20.7. The van der Waals surface area contributed by atoms with Gasteiger partial charge in [0.15, 0.2) is 0 Å². The summed E-state index contributed by atoms with van der Waals surface area (Å²) in [6.45, 7) is 14.8. The van der Waals surface area contributed by atoms with Gasteiger partial charge in [0.05, 0.1) is 0 Å². The summed E-state index contributed by atoms with van der Waals surface area (Å²) in [5.74, 6) is 0.318. The second kappa shape index (κ2) is 9.93. The smallest absolute Gasteiger partial charge is 0.225 e. The van der Waals surface area contributed by atoms with Crippen LogP contribution in [0.15, 0.2) is 0 Å². The van der Waals surface area contributed by atoms with Gasteiger partial charge in [-0.1, -0.05) is 48.5 Å². The van der Waals surface area contributed by atoms with Crippen LogP contribution >= 0.6 is 0 Å². The maximum atomic E-state index is 12.4. The van der Waals surface area contributed by atoms with E-state index in [0.29, 0.717) is 25.9 Å². The highest BCUT2D eigenvalue weighted by Crippen LogP contribution is 2.26. The monoisotopic (exact) mass is 369 g/mol. The first-order valence-electron chi connectivity index (χ1n) is 9.45. The van der Waals surface area contributed by atoms with E-state index in [-0.39, 0.29) is 35.0 Å². The Morgan fingerprint density at radius 1 is 1.04 bits per heavy atom. The Morgan fingerprint density at radius 3 is 2.04 bits per heavy atom. The van der Waals surface area contributed by atoms with Crippen LogP contribution in [0.5, 0.6) is 0 Å². The third-order valence-corrected chi connectivity index (χ3v) is 5.17. The largest absolute Gasteiger partial charge is 0.359 e. The minimum absolute atomic E-state index is 0.0202. The van der Waals surface area contributed by atoms with Crippen LogP contribution in [0.3, 0.4) is 0 Å². The van der Waals surface area contributed by atoms with Gasteiger partial charge in [-0.25, -0.2) is 0 Å². The molecule has 0 heterocycles. The Morgan fingerprint density at radius 2 is 1.58 bits per heavy atom. The molecule has 0 spiro atoms. The SMILES string of the molecule is CNC(=O)CC(C)(C)CN(C)C(=O)C[C@@H](C)CNC(=O)C(C)(C)C(C)C. The summed E-state index contributed by atoms with van der Waals surface area (Å²) in [6, 6.07) is 0. The topological polar surface area (TPSA) is 78.5 Å². The zero-order valence-electron chi connectivity index (χ0n) is 18.2. The summed E-state index contributed by atoms with van der Waals surface area (Å²) in [7, 11) is 3.38. The Kier molecular flexibility index (Phi) is 9.32. The van der Waals surface area contributed by atoms with E-state index in [4.69, 9.17) is 0 Å². The average molecular weight is 370 g/mol. The lowest BCUT2D eigenvalue weighted by Crippen LogP contribution is -2.43. The molecule has 0 aliphatic heterocycles. The first-order valence-corrected chi connectivity index (χ1v) is 9.45. The molecule has 26 heavy (non-hydrogen) atoms.